The third-order valence-corrected chi connectivity index (χ3v) is 3.51. The Hall–Kier alpha value is -3.02. The first-order valence-corrected chi connectivity index (χ1v) is 7.96. The van der Waals surface area contributed by atoms with E-state index in [4.69, 9.17) is 9.47 Å². The molecule has 2 aromatic carbocycles. The lowest BCUT2D eigenvalue weighted by Gasteiger charge is -2.12. The van der Waals surface area contributed by atoms with E-state index in [2.05, 4.69) is 10.5 Å². The quantitative estimate of drug-likeness (QED) is 0.621. The fraction of sp³-hybridized carbons (Fsp3) is 0.263. The summed E-state index contributed by atoms with van der Waals surface area (Å²) in [4.78, 5) is 14.1. The minimum absolute atomic E-state index is 0.264. The number of rotatable bonds is 7. The maximum absolute atomic E-state index is 12.1. The van der Waals surface area contributed by atoms with Crippen LogP contribution < -0.4 is 19.8 Å². The summed E-state index contributed by atoms with van der Waals surface area (Å²) in [6.07, 6.45) is 1.56. The van der Waals surface area contributed by atoms with Crippen molar-refractivity contribution in [2.45, 2.75) is 6.92 Å². The fourth-order valence-corrected chi connectivity index (χ4v) is 2.18. The van der Waals surface area contributed by atoms with Gasteiger partial charge in [-0.3, -0.25) is 4.79 Å². The van der Waals surface area contributed by atoms with Gasteiger partial charge in [-0.2, -0.15) is 5.10 Å². The topological polar surface area (TPSA) is 63.2 Å². The summed E-state index contributed by atoms with van der Waals surface area (Å²) >= 11 is 0. The number of hydrogen-bond donors (Lipinski definition) is 1. The summed E-state index contributed by atoms with van der Waals surface area (Å²) < 4.78 is 10.8. The summed E-state index contributed by atoms with van der Waals surface area (Å²) in [5.74, 6) is 1.03. The number of ether oxygens (including phenoxy) is 2. The number of carbonyl (C=O) groups excluding carboxylic acids is 1. The molecule has 0 heterocycles. The van der Waals surface area contributed by atoms with Gasteiger partial charge in [0.15, 0.2) is 11.5 Å². The first kappa shape index (κ1) is 18.3. The number of anilines is 1. The highest BCUT2D eigenvalue weighted by molar-refractivity contribution is 5.95. The average molecular weight is 341 g/mol. The summed E-state index contributed by atoms with van der Waals surface area (Å²) in [6, 6.07) is 12.7. The number of benzene rings is 2. The van der Waals surface area contributed by atoms with Crippen molar-refractivity contribution in [3.05, 3.63) is 53.6 Å². The zero-order chi connectivity index (χ0) is 18.2. The molecule has 0 atom stereocenters. The van der Waals surface area contributed by atoms with Gasteiger partial charge in [0.25, 0.3) is 5.91 Å². The summed E-state index contributed by atoms with van der Waals surface area (Å²) in [5, 5.41) is 4.00. The van der Waals surface area contributed by atoms with Gasteiger partial charge in [0.05, 0.1) is 19.9 Å². The van der Waals surface area contributed by atoms with Crippen LogP contribution in [0.5, 0.6) is 11.5 Å². The van der Waals surface area contributed by atoms with Crippen LogP contribution in [0.2, 0.25) is 0 Å². The number of methoxy groups -OCH3 is 1. The number of hydrazone groups is 1. The van der Waals surface area contributed by atoms with Gasteiger partial charge in [0.2, 0.25) is 0 Å². The Balaban J connectivity index is 2.01. The first-order valence-electron chi connectivity index (χ1n) is 7.96. The van der Waals surface area contributed by atoms with E-state index in [1.165, 1.54) is 0 Å². The van der Waals surface area contributed by atoms with E-state index in [1.54, 1.807) is 31.5 Å². The van der Waals surface area contributed by atoms with Crippen molar-refractivity contribution < 1.29 is 14.3 Å². The molecule has 0 bridgehead atoms. The molecule has 0 saturated carbocycles. The van der Waals surface area contributed by atoms with Crippen molar-refractivity contribution in [1.82, 2.24) is 5.43 Å². The zero-order valence-corrected chi connectivity index (χ0v) is 14.9. The Labute approximate surface area is 148 Å². The minimum atomic E-state index is -0.264. The lowest BCUT2D eigenvalue weighted by atomic mass is 10.2. The number of hydrogen-bond acceptors (Lipinski definition) is 5. The SMILES string of the molecule is CCOc1ccc(C=NNC(=O)c2ccc(N(C)C)cc2)cc1OC. The van der Waals surface area contributed by atoms with Crippen LogP contribution in [0.3, 0.4) is 0 Å². The smallest absolute Gasteiger partial charge is 0.271 e. The molecule has 2 aromatic rings. The van der Waals surface area contributed by atoms with E-state index >= 15 is 0 Å². The van der Waals surface area contributed by atoms with Crippen molar-refractivity contribution in [2.75, 3.05) is 32.7 Å². The van der Waals surface area contributed by atoms with E-state index in [0.29, 0.717) is 23.7 Å². The molecule has 0 radical (unpaired) electrons. The van der Waals surface area contributed by atoms with E-state index in [9.17, 15) is 4.79 Å². The van der Waals surface area contributed by atoms with Gasteiger partial charge in [-0.05, 0) is 55.0 Å². The van der Waals surface area contributed by atoms with Crippen molar-refractivity contribution in [3.8, 4) is 11.5 Å². The van der Waals surface area contributed by atoms with Crippen LogP contribution in [0.1, 0.15) is 22.8 Å². The molecule has 0 unspecified atom stereocenters. The van der Waals surface area contributed by atoms with E-state index in [0.717, 1.165) is 11.3 Å². The maximum atomic E-state index is 12.1. The Morgan fingerprint density at radius 2 is 1.88 bits per heavy atom. The second-order valence-electron chi connectivity index (χ2n) is 5.48. The molecule has 6 heteroatoms. The molecule has 25 heavy (non-hydrogen) atoms. The molecule has 6 nitrogen and oxygen atoms in total. The van der Waals surface area contributed by atoms with Crippen molar-refractivity contribution >= 4 is 17.8 Å². The molecule has 0 aliphatic rings. The van der Waals surface area contributed by atoms with Crippen molar-refractivity contribution in [3.63, 3.8) is 0 Å². The molecule has 1 amide bonds. The molecule has 0 aliphatic heterocycles. The Kier molecular flexibility index (Phi) is 6.39. The minimum Gasteiger partial charge on any atom is -0.493 e. The number of amides is 1. The van der Waals surface area contributed by atoms with Crippen LogP contribution in [0.25, 0.3) is 0 Å². The van der Waals surface area contributed by atoms with Gasteiger partial charge in [-0.1, -0.05) is 0 Å². The lowest BCUT2D eigenvalue weighted by Crippen LogP contribution is -2.18. The van der Waals surface area contributed by atoms with E-state index < -0.39 is 0 Å². The summed E-state index contributed by atoms with van der Waals surface area (Å²) in [7, 11) is 5.48. The highest BCUT2D eigenvalue weighted by Gasteiger charge is 2.06. The highest BCUT2D eigenvalue weighted by Crippen LogP contribution is 2.27. The molecule has 0 spiro atoms. The van der Waals surface area contributed by atoms with Gasteiger partial charge in [0.1, 0.15) is 0 Å². The van der Waals surface area contributed by atoms with Crippen LogP contribution in [-0.4, -0.2) is 39.9 Å². The molecule has 2 rings (SSSR count). The summed E-state index contributed by atoms with van der Waals surface area (Å²) in [6.45, 7) is 2.47. The average Bonchev–Trinajstić information content (AvgIpc) is 2.63. The first-order chi connectivity index (χ1) is 12.0. The number of nitrogens with one attached hydrogen (secondary N) is 1. The largest absolute Gasteiger partial charge is 0.493 e. The molecule has 0 aromatic heterocycles. The molecule has 0 fully saturated rings. The predicted octanol–water partition coefficient (Wildman–Crippen LogP) is 2.92. The Morgan fingerprint density at radius 3 is 2.48 bits per heavy atom. The number of nitrogens with zero attached hydrogens (tertiary/aromatic N) is 2. The standard InChI is InChI=1S/C19H23N3O3/c1-5-25-17-11-6-14(12-18(17)24-4)13-20-21-19(23)15-7-9-16(10-8-15)22(2)3/h6-13H,5H2,1-4H3,(H,21,23). The Bertz CT molecular complexity index is 740. The fourth-order valence-electron chi connectivity index (χ4n) is 2.18. The van der Waals surface area contributed by atoms with Crippen molar-refractivity contribution in [1.29, 1.82) is 0 Å². The lowest BCUT2D eigenvalue weighted by molar-refractivity contribution is 0.0955. The molecular formula is C19H23N3O3. The van der Waals surface area contributed by atoms with E-state index in [-0.39, 0.29) is 5.91 Å². The zero-order valence-electron chi connectivity index (χ0n) is 14.9. The molecule has 0 saturated heterocycles. The van der Waals surface area contributed by atoms with Crippen LogP contribution in [0.15, 0.2) is 47.6 Å². The monoisotopic (exact) mass is 341 g/mol. The number of carbonyl (C=O) groups is 1. The molecular weight excluding hydrogens is 318 g/mol. The second-order valence-corrected chi connectivity index (χ2v) is 5.48. The summed E-state index contributed by atoms with van der Waals surface area (Å²) in [5.41, 5.74) is 4.89. The van der Waals surface area contributed by atoms with Gasteiger partial charge >= 0.3 is 0 Å². The van der Waals surface area contributed by atoms with Crippen LogP contribution in [0.4, 0.5) is 5.69 Å². The van der Waals surface area contributed by atoms with Gasteiger partial charge < -0.3 is 14.4 Å². The predicted molar refractivity (Wildman–Crippen MR) is 100.0 cm³/mol. The second kappa shape index (κ2) is 8.73. The third kappa shape index (κ3) is 4.97. The van der Waals surface area contributed by atoms with Gasteiger partial charge in [0, 0.05) is 25.3 Å². The molecule has 0 aliphatic carbocycles. The maximum Gasteiger partial charge on any atom is 0.271 e. The van der Waals surface area contributed by atoms with Crippen LogP contribution in [0, 0.1) is 0 Å². The Morgan fingerprint density at radius 1 is 1.16 bits per heavy atom. The molecule has 1 N–H and O–H groups in total. The van der Waals surface area contributed by atoms with Gasteiger partial charge in [-0.25, -0.2) is 5.43 Å². The normalized spacial score (nSPS) is 10.6. The van der Waals surface area contributed by atoms with Gasteiger partial charge in [-0.15, -0.1) is 0 Å². The third-order valence-electron chi connectivity index (χ3n) is 3.51. The highest BCUT2D eigenvalue weighted by atomic mass is 16.5. The van der Waals surface area contributed by atoms with Crippen molar-refractivity contribution in [2.24, 2.45) is 5.10 Å². The molecule has 132 valence electrons. The van der Waals surface area contributed by atoms with Crippen LogP contribution in [-0.2, 0) is 0 Å². The van der Waals surface area contributed by atoms with Crippen LogP contribution >= 0.6 is 0 Å². The van der Waals surface area contributed by atoms with E-state index in [1.807, 2.05) is 50.2 Å².